The van der Waals surface area contributed by atoms with Crippen molar-refractivity contribution in [2.75, 3.05) is 10.6 Å². The Morgan fingerprint density at radius 2 is 1.90 bits per heavy atom. The van der Waals surface area contributed by atoms with Gasteiger partial charge in [0.15, 0.2) is 0 Å². The number of hydrogen-bond donors (Lipinski definition) is 3. The molecule has 6 heteroatoms. The van der Waals surface area contributed by atoms with Gasteiger partial charge in [0.05, 0.1) is 0 Å². The van der Waals surface area contributed by atoms with Crippen LogP contribution in [0.1, 0.15) is 32.3 Å². The highest BCUT2D eigenvalue weighted by Crippen LogP contribution is 2.20. The molecule has 112 valence electrons. The first kappa shape index (κ1) is 18.4. The maximum atomic E-state index is 11.7. The first-order chi connectivity index (χ1) is 8.92. The van der Waals surface area contributed by atoms with E-state index in [-0.39, 0.29) is 36.7 Å². The van der Waals surface area contributed by atoms with Crippen LogP contribution in [0.4, 0.5) is 11.4 Å². The van der Waals surface area contributed by atoms with Crippen LogP contribution in [0.25, 0.3) is 0 Å². The van der Waals surface area contributed by atoms with Crippen LogP contribution in [0.2, 0.25) is 0 Å². The van der Waals surface area contributed by atoms with Crippen LogP contribution in [0.3, 0.4) is 0 Å². The summed E-state index contributed by atoms with van der Waals surface area (Å²) in [4.78, 5) is 23.0. The third-order valence-electron chi connectivity index (χ3n) is 2.62. The minimum absolute atomic E-state index is 0. The topological polar surface area (TPSA) is 84.2 Å². The Balaban J connectivity index is 0.00000361. The van der Waals surface area contributed by atoms with Gasteiger partial charge in [0.1, 0.15) is 0 Å². The van der Waals surface area contributed by atoms with E-state index in [1.54, 1.807) is 19.9 Å². The molecule has 1 aromatic carbocycles. The molecule has 0 bridgehead atoms. The van der Waals surface area contributed by atoms with Crippen LogP contribution in [-0.4, -0.2) is 17.9 Å². The average Bonchev–Trinajstić information content (AvgIpc) is 2.32. The number of anilines is 2. The number of nitrogens with two attached hydrogens (primary N) is 1. The highest BCUT2D eigenvalue weighted by atomic mass is 35.5. The molecule has 0 fully saturated rings. The van der Waals surface area contributed by atoms with E-state index in [1.807, 2.05) is 19.1 Å². The van der Waals surface area contributed by atoms with E-state index in [1.165, 1.54) is 0 Å². The zero-order chi connectivity index (χ0) is 14.4. The summed E-state index contributed by atoms with van der Waals surface area (Å²) in [6, 6.07) is 5.24. The van der Waals surface area contributed by atoms with E-state index in [9.17, 15) is 9.59 Å². The van der Waals surface area contributed by atoms with Gasteiger partial charge in [-0.15, -0.1) is 12.4 Å². The van der Waals surface area contributed by atoms with E-state index in [0.717, 1.165) is 5.56 Å². The molecular formula is C14H22ClN3O2. The molecule has 0 heterocycles. The monoisotopic (exact) mass is 299 g/mol. The van der Waals surface area contributed by atoms with Crippen molar-refractivity contribution in [3.63, 3.8) is 0 Å². The van der Waals surface area contributed by atoms with Gasteiger partial charge in [0.25, 0.3) is 0 Å². The van der Waals surface area contributed by atoms with Gasteiger partial charge in [0.2, 0.25) is 11.8 Å². The summed E-state index contributed by atoms with van der Waals surface area (Å²) < 4.78 is 0. The van der Waals surface area contributed by atoms with E-state index in [4.69, 9.17) is 5.73 Å². The van der Waals surface area contributed by atoms with E-state index in [2.05, 4.69) is 10.6 Å². The molecule has 0 radical (unpaired) electrons. The number of aryl methyl sites for hydroxylation is 1. The van der Waals surface area contributed by atoms with Crippen LogP contribution in [0.15, 0.2) is 18.2 Å². The third-order valence-corrected chi connectivity index (χ3v) is 2.62. The largest absolute Gasteiger partial charge is 0.327 e. The predicted octanol–water partition coefficient (Wildman–Crippen LogP) is 2.44. The van der Waals surface area contributed by atoms with Gasteiger partial charge in [-0.25, -0.2) is 0 Å². The number of rotatable bonds is 5. The number of benzene rings is 1. The van der Waals surface area contributed by atoms with Crippen molar-refractivity contribution in [2.24, 2.45) is 5.73 Å². The Morgan fingerprint density at radius 1 is 1.25 bits per heavy atom. The minimum atomic E-state index is -0.178. The van der Waals surface area contributed by atoms with Gasteiger partial charge in [-0.3, -0.25) is 9.59 Å². The van der Waals surface area contributed by atoms with Gasteiger partial charge < -0.3 is 16.4 Å². The number of halogens is 1. The second kappa shape index (κ2) is 8.55. The summed E-state index contributed by atoms with van der Waals surface area (Å²) in [5.74, 6) is -0.186. The number of amides is 2. The lowest BCUT2D eigenvalue weighted by atomic mass is 10.1. The van der Waals surface area contributed by atoms with Gasteiger partial charge in [-0.1, -0.05) is 13.0 Å². The molecular weight excluding hydrogens is 278 g/mol. The van der Waals surface area contributed by atoms with E-state index in [0.29, 0.717) is 17.8 Å². The molecule has 0 spiro atoms. The lowest BCUT2D eigenvalue weighted by Crippen LogP contribution is -2.24. The second-order valence-electron chi connectivity index (χ2n) is 4.66. The molecule has 5 nitrogen and oxygen atoms in total. The van der Waals surface area contributed by atoms with E-state index < -0.39 is 0 Å². The quantitative estimate of drug-likeness (QED) is 0.781. The number of carbonyl (C=O) groups is 2. The number of carbonyl (C=O) groups excluding carboxylic acids is 2. The lowest BCUT2D eigenvalue weighted by molar-refractivity contribution is -0.117. The molecule has 1 atom stereocenters. The lowest BCUT2D eigenvalue weighted by Gasteiger charge is -2.12. The van der Waals surface area contributed by atoms with E-state index >= 15 is 0 Å². The summed E-state index contributed by atoms with van der Waals surface area (Å²) in [6.07, 6.45) is 0.686. The Bertz CT molecular complexity index is 475. The van der Waals surface area contributed by atoms with Crippen molar-refractivity contribution < 1.29 is 9.59 Å². The number of hydrogen-bond acceptors (Lipinski definition) is 3. The van der Waals surface area contributed by atoms with Crippen molar-refractivity contribution in [1.29, 1.82) is 0 Å². The third kappa shape index (κ3) is 6.04. The Hall–Kier alpha value is -1.59. The predicted molar refractivity (Wildman–Crippen MR) is 84.2 cm³/mol. The molecule has 1 rings (SSSR count). The number of nitrogens with one attached hydrogen (secondary N) is 2. The fourth-order valence-corrected chi connectivity index (χ4v) is 1.58. The summed E-state index contributed by atoms with van der Waals surface area (Å²) >= 11 is 0. The van der Waals surface area contributed by atoms with Crippen LogP contribution in [0.5, 0.6) is 0 Å². The summed E-state index contributed by atoms with van der Waals surface area (Å²) in [6.45, 7) is 5.46. The second-order valence-corrected chi connectivity index (χ2v) is 4.66. The van der Waals surface area contributed by atoms with Crippen molar-refractivity contribution >= 4 is 35.6 Å². The smallest absolute Gasteiger partial charge is 0.225 e. The standard InChI is InChI=1S/C14H21N3O2.ClH/c1-4-13(18)16-11-6-5-9(2)12(8-11)17-14(19)7-10(3)15;/h5-6,8,10H,4,7,15H2,1-3H3,(H,16,18)(H,17,19);1H. The first-order valence-electron chi connectivity index (χ1n) is 6.38. The molecule has 4 N–H and O–H groups in total. The zero-order valence-corrected chi connectivity index (χ0v) is 12.8. The summed E-state index contributed by atoms with van der Waals surface area (Å²) in [5.41, 5.74) is 7.89. The van der Waals surface area contributed by atoms with Crippen LogP contribution in [-0.2, 0) is 9.59 Å². The molecule has 2 amide bonds. The normalized spacial score (nSPS) is 11.2. The molecule has 0 aliphatic rings. The van der Waals surface area contributed by atoms with Gasteiger partial charge in [-0.05, 0) is 31.5 Å². The Morgan fingerprint density at radius 3 is 2.45 bits per heavy atom. The maximum absolute atomic E-state index is 11.7. The molecule has 0 aromatic heterocycles. The fraction of sp³-hybridized carbons (Fsp3) is 0.429. The highest BCUT2D eigenvalue weighted by Gasteiger charge is 2.08. The van der Waals surface area contributed by atoms with Crippen LogP contribution < -0.4 is 16.4 Å². The van der Waals surface area contributed by atoms with Crippen molar-refractivity contribution in [3.05, 3.63) is 23.8 Å². The average molecular weight is 300 g/mol. The minimum Gasteiger partial charge on any atom is -0.327 e. The molecule has 20 heavy (non-hydrogen) atoms. The Labute approximate surface area is 125 Å². The fourth-order valence-electron chi connectivity index (χ4n) is 1.58. The SMILES string of the molecule is CCC(=O)Nc1ccc(C)c(NC(=O)CC(C)N)c1.Cl. The van der Waals surface area contributed by atoms with Crippen molar-refractivity contribution in [3.8, 4) is 0 Å². The molecule has 1 aromatic rings. The molecule has 0 aliphatic heterocycles. The van der Waals surface area contributed by atoms with Gasteiger partial charge in [0, 0.05) is 30.3 Å². The summed E-state index contributed by atoms with van der Waals surface area (Å²) in [7, 11) is 0. The zero-order valence-electron chi connectivity index (χ0n) is 12.0. The van der Waals surface area contributed by atoms with Gasteiger partial charge in [-0.2, -0.15) is 0 Å². The summed E-state index contributed by atoms with van der Waals surface area (Å²) in [5, 5.41) is 5.56. The Kier molecular flexibility index (Phi) is 7.87. The highest BCUT2D eigenvalue weighted by molar-refractivity contribution is 5.94. The van der Waals surface area contributed by atoms with Crippen LogP contribution in [0, 0.1) is 6.92 Å². The molecule has 1 unspecified atom stereocenters. The van der Waals surface area contributed by atoms with Crippen molar-refractivity contribution in [1.82, 2.24) is 0 Å². The van der Waals surface area contributed by atoms with Crippen molar-refractivity contribution in [2.45, 2.75) is 39.7 Å². The first-order valence-corrected chi connectivity index (χ1v) is 6.38. The van der Waals surface area contributed by atoms with Gasteiger partial charge >= 0.3 is 0 Å². The maximum Gasteiger partial charge on any atom is 0.225 e. The molecule has 0 saturated heterocycles. The molecule has 0 aliphatic carbocycles. The van der Waals surface area contributed by atoms with Crippen LogP contribution >= 0.6 is 12.4 Å². The molecule has 0 saturated carbocycles.